The molecule has 21 heavy (non-hydrogen) atoms. The molecule has 0 spiro atoms. The third-order valence-electron chi connectivity index (χ3n) is 3.09. The highest BCUT2D eigenvalue weighted by Gasteiger charge is 2.00. The molecule has 0 aromatic heterocycles. The van der Waals surface area contributed by atoms with Crippen LogP contribution in [0.25, 0.3) is 11.1 Å². The molecule has 0 saturated carbocycles. The minimum atomic E-state index is 0.674. The van der Waals surface area contributed by atoms with Crippen molar-refractivity contribution in [2.75, 3.05) is 6.61 Å². The topological polar surface area (TPSA) is 9.23 Å². The molecule has 0 heterocycles. The van der Waals surface area contributed by atoms with Crippen LogP contribution in [0.5, 0.6) is 5.75 Å². The second-order valence-corrected chi connectivity index (χ2v) is 5.09. The van der Waals surface area contributed by atoms with Gasteiger partial charge in [0, 0.05) is 5.03 Å². The standard InChI is InChI=1S/C19H19ClO/c1-3-5-15-6-10-17(11-7-15)19(20)14-16-8-12-18(13-9-16)21-4-2/h3,6-14H,1,4-5H2,2H3/b19-14-. The van der Waals surface area contributed by atoms with Crippen molar-refractivity contribution in [1.82, 2.24) is 0 Å². The average Bonchev–Trinajstić information content (AvgIpc) is 2.50. The summed E-state index contributed by atoms with van der Waals surface area (Å²) in [4.78, 5) is 0. The van der Waals surface area contributed by atoms with E-state index in [1.807, 2.05) is 55.5 Å². The molecule has 0 bridgehead atoms. The molecule has 0 fully saturated rings. The zero-order chi connectivity index (χ0) is 15.1. The van der Waals surface area contributed by atoms with Crippen LogP contribution in [0.1, 0.15) is 23.6 Å². The van der Waals surface area contributed by atoms with Crippen molar-refractivity contribution < 1.29 is 4.74 Å². The maximum Gasteiger partial charge on any atom is 0.119 e. The molecule has 2 heteroatoms. The molecule has 108 valence electrons. The maximum atomic E-state index is 6.38. The van der Waals surface area contributed by atoms with E-state index in [0.29, 0.717) is 6.61 Å². The van der Waals surface area contributed by atoms with Crippen molar-refractivity contribution in [3.63, 3.8) is 0 Å². The molecule has 0 aliphatic rings. The van der Waals surface area contributed by atoms with Crippen molar-refractivity contribution in [3.05, 3.63) is 77.9 Å². The summed E-state index contributed by atoms with van der Waals surface area (Å²) >= 11 is 6.38. The van der Waals surface area contributed by atoms with E-state index in [4.69, 9.17) is 16.3 Å². The van der Waals surface area contributed by atoms with E-state index < -0.39 is 0 Å². The fourth-order valence-corrected chi connectivity index (χ4v) is 2.28. The molecule has 2 aromatic rings. The van der Waals surface area contributed by atoms with Crippen molar-refractivity contribution in [1.29, 1.82) is 0 Å². The van der Waals surface area contributed by atoms with Gasteiger partial charge in [-0.2, -0.15) is 0 Å². The summed E-state index contributed by atoms with van der Waals surface area (Å²) in [5.41, 5.74) is 3.30. The highest BCUT2D eigenvalue weighted by molar-refractivity contribution is 6.51. The average molecular weight is 299 g/mol. The van der Waals surface area contributed by atoms with Gasteiger partial charge in [-0.15, -0.1) is 6.58 Å². The lowest BCUT2D eigenvalue weighted by Crippen LogP contribution is -1.90. The molecular weight excluding hydrogens is 280 g/mol. The summed E-state index contributed by atoms with van der Waals surface area (Å²) in [5, 5.41) is 0.726. The molecule has 2 rings (SSSR count). The smallest absolute Gasteiger partial charge is 0.119 e. The van der Waals surface area contributed by atoms with E-state index in [1.54, 1.807) is 0 Å². The molecular formula is C19H19ClO. The quantitative estimate of drug-likeness (QED) is 0.502. The first-order valence-electron chi connectivity index (χ1n) is 7.03. The minimum absolute atomic E-state index is 0.674. The third kappa shape index (κ3) is 4.51. The summed E-state index contributed by atoms with van der Waals surface area (Å²) < 4.78 is 5.42. The summed E-state index contributed by atoms with van der Waals surface area (Å²) in [5.74, 6) is 0.875. The van der Waals surface area contributed by atoms with Gasteiger partial charge < -0.3 is 4.74 Å². The van der Waals surface area contributed by atoms with Gasteiger partial charge in [0.1, 0.15) is 5.75 Å². The highest BCUT2D eigenvalue weighted by atomic mass is 35.5. The van der Waals surface area contributed by atoms with E-state index >= 15 is 0 Å². The van der Waals surface area contributed by atoms with E-state index in [-0.39, 0.29) is 0 Å². The fraction of sp³-hybridized carbons (Fsp3) is 0.158. The first kappa shape index (κ1) is 15.4. The monoisotopic (exact) mass is 298 g/mol. The number of hydrogen-bond acceptors (Lipinski definition) is 1. The van der Waals surface area contributed by atoms with E-state index in [0.717, 1.165) is 28.3 Å². The predicted octanol–water partition coefficient (Wildman–Crippen LogP) is 5.55. The second-order valence-electron chi connectivity index (χ2n) is 4.68. The molecule has 0 aliphatic heterocycles. The van der Waals surface area contributed by atoms with Gasteiger partial charge in [0.2, 0.25) is 0 Å². The number of halogens is 1. The van der Waals surface area contributed by atoms with Crippen LogP contribution in [0, 0.1) is 0 Å². The SMILES string of the molecule is C=CCc1ccc(/C(Cl)=C/c2ccc(OCC)cc2)cc1. The van der Waals surface area contributed by atoms with Crippen LogP contribution in [0.15, 0.2) is 61.2 Å². The van der Waals surface area contributed by atoms with Crippen molar-refractivity contribution in [2.45, 2.75) is 13.3 Å². The van der Waals surface area contributed by atoms with Crippen molar-refractivity contribution in [2.24, 2.45) is 0 Å². The molecule has 0 N–H and O–H groups in total. The lowest BCUT2D eigenvalue weighted by Gasteiger charge is -2.04. The van der Waals surface area contributed by atoms with Crippen LogP contribution in [0.3, 0.4) is 0 Å². The Kier molecular flexibility index (Phi) is 5.65. The van der Waals surface area contributed by atoms with Gasteiger partial charge in [-0.3, -0.25) is 0 Å². The largest absolute Gasteiger partial charge is 0.494 e. The molecule has 0 radical (unpaired) electrons. The van der Waals surface area contributed by atoms with Crippen LogP contribution in [0.4, 0.5) is 0 Å². The van der Waals surface area contributed by atoms with Crippen molar-refractivity contribution >= 4 is 22.7 Å². The summed E-state index contributed by atoms with van der Waals surface area (Å²) in [6.45, 7) is 6.39. The van der Waals surface area contributed by atoms with E-state index in [9.17, 15) is 0 Å². The number of allylic oxidation sites excluding steroid dienone is 1. The molecule has 0 aliphatic carbocycles. The Morgan fingerprint density at radius 3 is 2.33 bits per heavy atom. The number of ether oxygens (including phenoxy) is 1. The zero-order valence-electron chi connectivity index (χ0n) is 12.2. The maximum absolute atomic E-state index is 6.38. The van der Waals surface area contributed by atoms with Gasteiger partial charge in [0.05, 0.1) is 6.61 Å². The van der Waals surface area contributed by atoms with Gasteiger partial charge in [-0.05, 0) is 48.2 Å². The Morgan fingerprint density at radius 1 is 1.10 bits per heavy atom. The molecule has 2 aromatic carbocycles. The van der Waals surface area contributed by atoms with E-state index in [1.165, 1.54) is 5.56 Å². The van der Waals surface area contributed by atoms with Crippen LogP contribution < -0.4 is 4.74 Å². The predicted molar refractivity (Wildman–Crippen MR) is 91.7 cm³/mol. The first-order valence-corrected chi connectivity index (χ1v) is 7.41. The van der Waals surface area contributed by atoms with Crippen LogP contribution in [-0.4, -0.2) is 6.61 Å². The second kappa shape index (κ2) is 7.70. The summed E-state index contributed by atoms with van der Waals surface area (Å²) in [7, 11) is 0. The van der Waals surface area contributed by atoms with Crippen molar-refractivity contribution in [3.8, 4) is 5.75 Å². The molecule has 1 nitrogen and oxygen atoms in total. The Bertz CT molecular complexity index is 609. The van der Waals surface area contributed by atoms with Gasteiger partial charge in [0.15, 0.2) is 0 Å². The highest BCUT2D eigenvalue weighted by Crippen LogP contribution is 2.23. The van der Waals surface area contributed by atoms with Gasteiger partial charge in [0.25, 0.3) is 0 Å². The zero-order valence-corrected chi connectivity index (χ0v) is 12.9. The summed E-state index contributed by atoms with van der Waals surface area (Å²) in [6, 6.07) is 16.1. The number of hydrogen-bond donors (Lipinski definition) is 0. The molecule has 0 saturated heterocycles. The van der Waals surface area contributed by atoms with Gasteiger partial charge in [-0.1, -0.05) is 54.1 Å². The van der Waals surface area contributed by atoms with E-state index in [2.05, 4.69) is 18.7 Å². The Morgan fingerprint density at radius 2 is 1.76 bits per heavy atom. The Hall–Kier alpha value is -1.99. The lowest BCUT2D eigenvalue weighted by atomic mass is 10.1. The van der Waals surface area contributed by atoms with Crippen LogP contribution in [0.2, 0.25) is 0 Å². The third-order valence-corrected chi connectivity index (χ3v) is 3.42. The molecule has 0 unspecified atom stereocenters. The van der Waals surface area contributed by atoms with Gasteiger partial charge >= 0.3 is 0 Å². The molecule has 0 atom stereocenters. The Balaban J connectivity index is 2.13. The number of benzene rings is 2. The first-order chi connectivity index (χ1) is 10.2. The lowest BCUT2D eigenvalue weighted by molar-refractivity contribution is 0.340. The minimum Gasteiger partial charge on any atom is -0.494 e. The fourth-order valence-electron chi connectivity index (χ4n) is 2.02. The normalized spacial score (nSPS) is 11.2. The van der Waals surface area contributed by atoms with Gasteiger partial charge in [-0.25, -0.2) is 0 Å². The molecule has 0 amide bonds. The van der Waals surface area contributed by atoms with Crippen LogP contribution in [-0.2, 0) is 6.42 Å². The number of rotatable bonds is 6. The van der Waals surface area contributed by atoms with Crippen LogP contribution >= 0.6 is 11.6 Å². The summed E-state index contributed by atoms with van der Waals surface area (Å²) in [6.07, 6.45) is 4.73. The Labute approximate surface area is 131 Å².